The van der Waals surface area contributed by atoms with Crippen LogP contribution in [0.2, 0.25) is 0 Å². The van der Waals surface area contributed by atoms with Crippen molar-refractivity contribution in [3.05, 3.63) is 28.6 Å². The third-order valence-corrected chi connectivity index (χ3v) is 3.60. The van der Waals surface area contributed by atoms with E-state index in [0.29, 0.717) is 6.04 Å². The van der Waals surface area contributed by atoms with Crippen LogP contribution in [0, 0.1) is 6.92 Å². The predicted octanol–water partition coefficient (Wildman–Crippen LogP) is 2.77. The number of pyridine rings is 1. The topological polar surface area (TPSA) is 24.9 Å². The fraction of sp³-hybridized carbons (Fsp3) is 0.643. The molecule has 2 rings (SSSR count). The van der Waals surface area contributed by atoms with Gasteiger partial charge in [0.1, 0.15) is 0 Å². The summed E-state index contributed by atoms with van der Waals surface area (Å²) in [6.45, 7) is 7.54. The SMILES string of the molecule is CCC(C)NCc1cc2c(nc1C)CCC2. The Morgan fingerprint density at radius 3 is 3.00 bits per heavy atom. The van der Waals surface area contributed by atoms with Crippen molar-refractivity contribution in [2.45, 2.75) is 59.0 Å². The van der Waals surface area contributed by atoms with Gasteiger partial charge in [0.05, 0.1) is 0 Å². The molecule has 1 aromatic rings. The van der Waals surface area contributed by atoms with Gasteiger partial charge < -0.3 is 5.32 Å². The molecule has 1 heterocycles. The third kappa shape index (κ3) is 2.43. The van der Waals surface area contributed by atoms with Crippen LogP contribution < -0.4 is 5.32 Å². The minimum atomic E-state index is 0.590. The molecule has 0 aliphatic heterocycles. The molecule has 1 aliphatic rings. The minimum absolute atomic E-state index is 0.590. The summed E-state index contributed by atoms with van der Waals surface area (Å²) in [7, 11) is 0. The molecule has 0 spiro atoms. The summed E-state index contributed by atoms with van der Waals surface area (Å²) in [5, 5.41) is 3.54. The maximum absolute atomic E-state index is 4.72. The van der Waals surface area contributed by atoms with Gasteiger partial charge in [0.25, 0.3) is 0 Å². The van der Waals surface area contributed by atoms with Crippen LogP contribution in [-0.2, 0) is 19.4 Å². The average molecular weight is 218 g/mol. The molecule has 1 N–H and O–H groups in total. The van der Waals surface area contributed by atoms with E-state index in [1.54, 1.807) is 0 Å². The lowest BCUT2D eigenvalue weighted by Crippen LogP contribution is -2.25. The highest BCUT2D eigenvalue weighted by molar-refractivity contribution is 5.33. The number of hydrogen-bond donors (Lipinski definition) is 1. The molecule has 0 saturated heterocycles. The second-order valence-electron chi connectivity index (χ2n) is 4.88. The molecule has 0 radical (unpaired) electrons. The first kappa shape index (κ1) is 11.6. The summed E-state index contributed by atoms with van der Waals surface area (Å²) in [6.07, 6.45) is 4.86. The molecule has 0 saturated carbocycles. The summed E-state index contributed by atoms with van der Waals surface area (Å²) in [6, 6.07) is 2.95. The average Bonchev–Trinajstić information content (AvgIpc) is 2.72. The van der Waals surface area contributed by atoms with E-state index in [9.17, 15) is 0 Å². The van der Waals surface area contributed by atoms with Crippen molar-refractivity contribution in [3.63, 3.8) is 0 Å². The number of aromatic nitrogens is 1. The van der Waals surface area contributed by atoms with Gasteiger partial charge in [-0.3, -0.25) is 4.98 Å². The van der Waals surface area contributed by atoms with Crippen LogP contribution in [0.15, 0.2) is 6.07 Å². The Morgan fingerprint density at radius 2 is 2.25 bits per heavy atom. The van der Waals surface area contributed by atoms with Crippen molar-refractivity contribution in [1.29, 1.82) is 0 Å². The van der Waals surface area contributed by atoms with Gasteiger partial charge in [-0.1, -0.05) is 13.0 Å². The molecule has 0 fully saturated rings. The highest BCUT2D eigenvalue weighted by Crippen LogP contribution is 2.22. The number of nitrogens with one attached hydrogen (secondary N) is 1. The summed E-state index contributed by atoms with van der Waals surface area (Å²) >= 11 is 0. The first-order valence-corrected chi connectivity index (χ1v) is 6.42. The van der Waals surface area contributed by atoms with Gasteiger partial charge in [0.2, 0.25) is 0 Å². The highest BCUT2D eigenvalue weighted by Gasteiger charge is 2.14. The molecule has 1 atom stereocenters. The zero-order chi connectivity index (χ0) is 11.5. The number of hydrogen-bond acceptors (Lipinski definition) is 2. The van der Waals surface area contributed by atoms with Crippen LogP contribution in [-0.4, -0.2) is 11.0 Å². The molecule has 1 aliphatic carbocycles. The maximum Gasteiger partial charge on any atom is 0.0439 e. The van der Waals surface area contributed by atoms with E-state index >= 15 is 0 Å². The van der Waals surface area contributed by atoms with Gasteiger partial charge in [-0.2, -0.15) is 0 Å². The second kappa shape index (κ2) is 4.96. The molecular weight excluding hydrogens is 196 g/mol. The zero-order valence-corrected chi connectivity index (χ0v) is 10.6. The van der Waals surface area contributed by atoms with E-state index in [1.807, 2.05) is 0 Å². The Kier molecular flexibility index (Phi) is 3.59. The quantitative estimate of drug-likeness (QED) is 0.840. The monoisotopic (exact) mass is 218 g/mol. The van der Waals surface area contributed by atoms with Crippen molar-refractivity contribution in [1.82, 2.24) is 10.3 Å². The third-order valence-electron chi connectivity index (χ3n) is 3.60. The molecule has 1 aromatic heterocycles. The van der Waals surface area contributed by atoms with E-state index < -0.39 is 0 Å². The summed E-state index contributed by atoms with van der Waals surface area (Å²) in [5.41, 5.74) is 5.40. The van der Waals surface area contributed by atoms with Gasteiger partial charge in [0, 0.05) is 24.0 Å². The molecule has 2 heteroatoms. The lowest BCUT2D eigenvalue weighted by molar-refractivity contribution is 0.532. The molecule has 0 aromatic carbocycles. The standard InChI is InChI=1S/C14H22N2/c1-4-10(2)15-9-13-8-12-6-5-7-14(12)16-11(13)3/h8,10,15H,4-7,9H2,1-3H3. The molecule has 1 unspecified atom stereocenters. The highest BCUT2D eigenvalue weighted by atomic mass is 14.9. The zero-order valence-electron chi connectivity index (χ0n) is 10.6. The van der Waals surface area contributed by atoms with Gasteiger partial charge in [0.15, 0.2) is 0 Å². The van der Waals surface area contributed by atoms with Crippen molar-refractivity contribution >= 4 is 0 Å². The molecular formula is C14H22N2. The molecule has 88 valence electrons. The Morgan fingerprint density at radius 1 is 1.44 bits per heavy atom. The van der Waals surface area contributed by atoms with Gasteiger partial charge in [-0.15, -0.1) is 0 Å². The molecule has 0 amide bonds. The summed E-state index contributed by atoms with van der Waals surface area (Å²) in [4.78, 5) is 4.72. The van der Waals surface area contributed by atoms with E-state index in [1.165, 1.54) is 48.2 Å². The Hall–Kier alpha value is -0.890. The maximum atomic E-state index is 4.72. The van der Waals surface area contributed by atoms with Gasteiger partial charge in [-0.25, -0.2) is 0 Å². The van der Waals surface area contributed by atoms with Crippen LogP contribution in [0.5, 0.6) is 0 Å². The number of fused-ring (bicyclic) bond motifs is 1. The first-order valence-electron chi connectivity index (χ1n) is 6.42. The minimum Gasteiger partial charge on any atom is -0.310 e. The Balaban J connectivity index is 2.09. The lowest BCUT2D eigenvalue weighted by Gasteiger charge is -2.13. The fourth-order valence-corrected chi connectivity index (χ4v) is 2.23. The summed E-state index contributed by atoms with van der Waals surface area (Å²) < 4.78 is 0. The van der Waals surface area contributed by atoms with Crippen LogP contribution in [0.25, 0.3) is 0 Å². The van der Waals surface area contributed by atoms with Crippen LogP contribution in [0.3, 0.4) is 0 Å². The van der Waals surface area contributed by atoms with E-state index in [4.69, 9.17) is 4.98 Å². The normalized spacial score (nSPS) is 16.2. The smallest absolute Gasteiger partial charge is 0.0439 e. The molecule has 2 nitrogen and oxygen atoms in total. The Bertz CT molecular complexity index is 371. The van der Waals surface area contributed by atoms with E-state index in [2.05, 4.69) is 32.2 Å². The first-order chi connectivity index (χ1) is 7.70. The van der Waals surface area contributed by atoms with Crippen molar-refractivity contribution < 1.29 is 0 Å². The van der Waals surface area contributed by atoms with Crippen molar-refractivity contribution in [2.24, 2.45) is 0 Å². The van der Waals surface area contributed by atoms with Gasteiger partial charge in [-0.05, 0) is 50.7 Å². The number of nitrogens with zero attached hydrogens (tertiary/aromatic N) is 1. The van der Waals surface area contributed by atoms with Crippen molar-refractivity contribution in [3.8, 4) is 0 Å². The fourth-order valence-electron chi connectivity index (χ4n) is 2.23. The van der Waals surface area contributed by atoms with Crippen LogP contribution in [0.4, 0.5) is 0 Å². The molecule has 16 heavy (non-hydrogen) atoms. The number of rotatable bonds is 4. The van der Waals surface area contributed by atoms with Gasteiger partial charge >= 0.3 is 0 Å². The molecule has 0 bridgehead atoms. The number of aryl methyl sites for hydroxylation is 3. The summed E-state index contributed by atoms with van der Waals surface area (Å²) in [5.74, 6) is 0. The van der Waals surface area contributed by atoms with Crippen LogP contribution in [0.1, 0.15) is 49.2 Å². The lowest BCUT2D eigenvalue weighted by atomic mass is 10.1. The predicted molar refractivity (Wildman–Crippen MR) is 67.6 cm³/mol. The second-order valence-corrected chi connectivity index (χ2v) is 4.88. The van der Waals surface area contributed by atoms with Crippen molar-refractivity contribution in [2.75, 3.05) is 0 Å². The van der Waals surface area contributed by atoms with E-state index in [-0.39, 0.29) is 0 Å². The van der Waals surface area contributed by atoms with Crippen LogP contribution >= 0.6 is 0 Å². The largest absolute Gasteiger partial charge is 0.310 e. The Labute approximate surface area is 98.5 Å². The van der Waals surface area contributed by atoms with E-state index in [0.717, 1.165) is 6.54 Å².